The van der Waals surface area contributed by atoms with E-state index in [4.69, 9.17) is 14.6 Å². The summed E-state index contributed by atoms with van der Waals surface area (Å²) in [6.07, 6.45) is 4.49. The largest absolute Gasteiger partial charge is 0.417 e. The summed E-state index contributed by atoms with van der Waals surface area (Å²) in [5.41, 5.74) is 0. The highest BCUT2D eigenvalue weighted by molar-refractivity contribution is 6.71. The molecule has 0 amide bonds. The molecule has 0 radical (unpaired) electrons. The van der Waals surface area contributed by atoms with Crippen LogP contribution in [0, 0.1) is 5.41 Å². The molecule has 3 nitrogen and oxygen atoms in total. The summed E-state index contributed by atoms with van der Waals surface area (Å²) in [6.45, 7) is 10.0. The first kappa shape index (κ1) is 16.0. The Kier molecular flexibility index (Phi) is 12.2. The molecule has 0 atom stereocenters. The van der Waals surface area contributed by atoms with E-state index in [1.54, 1.807) is 0 Å². The monoisotopic (exact) mass is 217 g/mol. The minimum atomic E-state index is -1.24. The van der Waals surface area contributed by atoms with Gasteiger partial charge in [-0.25, -0.2) is 10.2 Å². The Morgan fingerprint density at radius 3 is 2.14 bits per heavy atom. The number of rotatable bonds is 6. The normalized spacial score (nSPS) is 10.0. The van der Waals surface area contributed by atoms with Crippen LogP contribution in [0.1, 0.15) is 33.1 Å². The maximum atomic E-state index is 8.35. The van der Waals surface area contributed by atoms with Crippen LogP contribution in [-0.2, 0) is 9.22 Å². The maximum absolute atomic E-state index is 8.35. The maximum Gasteiger partial charge on any atom is 0.231 e. The van der Waals surface area contributed by atoms with Crippen molar-refractivity contribution in [1.29, 1.82) is 5.41 Å². The summed E-state index contributed by atoms with van der Waals surface area (Å²) < 4.78 is 5.85. The zero-order valence-electron chi connectivity index (χ0n) is 9.85. The van der Waals surface area contributed by atoms with Crippen LogP contribution in [0.25, 0.3) is 0 Å². The highest BCUT2D eigenvalue weighted by Crippen LogP contribution is 2.13. The van der Waals surface area contributed by atoms with Gasteiger partial charge in [-0.05, 0) is 25.6 Å². The minimum Gasteiger partial charge on any atom is -0.417 e. The molecule has 0 aliphatic carbocycles. The van der Waals surface area contributed by atoms with Gasteiger partial charge in [0.05, 0.1) is 0 Å². The Morgan fingerprint density at radius 1 is 1.29 bits per heavy atom. The van der Waals surface area contributed by atoms with Crippen molar-refractivity contribution in [3.8, 4) is 0 Å². The molecule has 0 saturated carbocycles. The van der Waals surface area contributed by atoms with Gasteiger partial charge in [-0.3, -0.25) is 0 Å². The summed E-state index contributed by atoms with van der Waals surface area (Å²) in [7, 11) is -1.24. The lowest BCUT2D eigenvalue weighted by molar-refractivity contribution is 0.298. The fourth-order valence-electron chi connectivity index (χ4n) is 1.17. The van der Waals surface area contributed by atoms with E-state index < -0.39 is 8.32 Å². The number of nitrogens with one attached hydrogen (secondary N) is 1. The van der Waals surface area contributed by atoms with Crippen molar-refractivity contribution in [2.75, 3.05) is 6.61 Å². The number of isocyanates is 1. The standard InChI is InChI=1S/C9H22OSi.CHNO/c1-5-7-8-10-11(3,4)9-6-2;2-1-3/h5-9H2,1-4H3;2H. The molecule has 0 heterocycles. The van der Waals surface area contributed by atoms with Gasteiger partial charge in [0.25, 0.3) is 0 Å². The Morgan fingerprint density at radius 2 is 1.79 bits per heavy atom. The van der Waals surface area contributed by atoms with Crippen LogP contribution in [0.4, 0.5) is 0 Å². The van der Waals surface area contributed by atoms with Crippen LogP contribution in [-0.4, -0.2) is 21.0 Å². The number of unbranched alkanes of at least 4 members (excludes halogenated alkanes) is 1. The summed E-state index contributed by atoms with van der Waals surface area (Å²) in [5.74, 6) is 0. The van der Waals surface area contributed by atoms with Gasteiger partial charge >= 0.3 is 0 Å². The van der Waals surface area contributed by atoms with Crippen LogP contribution in [0.5, 0.6) is 0 Å². The molecular weight excluding hydrogens is 194 g/mol. The zero-order valence-corrected chi connectivity index (χ0v) is 10.9. The van der Waals surface area contributed by atoms with Crippen molar-refractivity contribution < 1.29 is 9.22 Å². The molecule has 4 heteroatoms. The van der Waals surface area contributed by atoms with Crippen molar-refractivity contribution >= 4 is 14.4 Å². The SMILES string of the molecule is CCCCO[Si](C)(C)CCC.N=C=O. The van der Waals surface area contributed by atoms with Crippen molar-refractivity contribution in [3.05, 3.63) is 0 Å². The van der Waals surface area contributed by atoms with Gasteiger partial charge in [0.1, 0.15) is 0 Å². The van der Waals surface area contributed by atoms with E-state index in [1.807, 2.05) is 0 Å². The first-order chi connectivity index (χ1) is 6.54. The third-order valence-electron chi connectivity index (χ3n) is 1.84. The molecule has 0 aromatic rings. The molecule has 0 bridgehead atoms. The number of hydrogen-bond donors (Lipinski definition) is 1. The molecule has 0 spiro atoms. The molecular formula is C10H23NO2Si. The molecule has 84 valence electrons. The topological polar surface area (TPSA) is 50.1 Å². The predicted octanol–water partition coefficient (Wildman–Crippen LogP) is 3.32. The molecule has 0 aliphatic rings. The van der Waals surface area contributed by atoms with Crippen LogP contribution in [0.2, 0.25) is 19.1 Å². The second-order valence-corrected chi connectivity index (χ2v) is 8.12. The van der Waals surface area contributed by atoms with E-state index in [2.05, 4.69) is 26.9 Å². The molecule has 1 N–H and O–H groups in total. The van der Waals surface area contributed by atoms with E-state index in [9.17, 15) is 0 Å². The first-order valence-corrected chi connectivity index (χ1v) is 8.33. The molecule has 0 aliphatic heterocycles. The van der Waals surface area contributed by atoms with E-state index in [0.29, 0.717) is 0 Å². The molecule has 0 rings (SSSR count). The molecule has 0 aromatic heterocycles. The summed E-state index contributed by atoms with van der Waals surface area (Å²) >= 11 is 0. The number of carbonyl (C=O) groups excluding carboxylic acids is 1. The van der Waals surface area contributed by atoms with Gasteiger partial charge in [-0.2, -0.15) is 0 Å². The van der Waals surface area contributed by atoms with Crippen LogP contribution in [0.15, 0.2) is 0 Å². The summed E-state index contributed by atoms with van der Waals surface area (Å²) in [4.78, 5) is 8.35. The summed E-state index contributed by atoms with van der Waals surface area (Å²) in [5, 5.41) is 5.40. The summed E-state index contributed by atoms with van der Waals surface area (Å²) in [6, 6.07) is 1.30. The Hall–Kier alpha value is -0.443. The quantitative estimate of drug-likeness (QED) is 0.321. The average Bonchev–Trinajstić information content (AvgIpc) is 2.05. The predicted molar refractivity (Wildman–Crippen MR) is 61.9 cm³/mol. The first-order valence-electron chi connectivity index (χ1n) is 5.21. The molecule has 14 heavy (non-hydrogen) atoms. The minimum absolute atomic E-state index is 0.750. The van der Waals surface area contributed by atoms with Crippen molar-refractivity contribution in [2.45, 2.75) is 52.2 Å². The van der Waals surface area contributed by atoms with Gasteiger partial charge in [-0.15, -0.1) is 0 Å². The molecule has 0 unspecified atom stereocenters. The second-order valence-electron chi connectivity index (χ2n) is 3.81. The van der Waals surface area contributed by atoms with Crippen molar-refractivity contribution in [3.63, 3.8) is 0 Å². The fourth-order valence-corrected chi connectivity index (χ4v) is 3.21. The second kappa shape index (κ2) is 10.6. The lowest BCUT2D eigenvalue weighted by Crippen LogP contribution is -2.30. The lowest BCUT2D eigenvalue weighted by Gasteiger charge is -2.21. The zero-order chi connectivity index (χ0) is 11.4. The third-order valence-corrected chi connectivity index (χ3v) is 4.53. The Labute approximate surface area is 88.5 Å². The smallest absolute Gasteiger partial charge is 0.231 e. The van der Waals surface area contributed by atoms with Crippen LogP contribution in [0.3, 0.4) is 0 Å². The van der Waals surface area contributed by atoms with E-state index in [-0.39, 0.29) is 0 Å². The van der Waals surface area contributed by atoms with Crippen molar-refractivity contribution in [1.82, 2.24) is 0 Å². The number of hydrogen-bond acceptors (Lipinski definition) is 3. The highest BCUT2D eigenvalue weighted by Gasteiger charge is 2.19. The lowest BCUT2D eigenvalue weighted by atomic mass is 10.4. The van der Waals surface area contributed by atoms with Crippen LogP contribution < -0.4 is 0 Å². The van der Waals surface area contributed by atoms with Gasteiger partial charge in [0, 0.05) is 6.61 Å². The Balaban J connectivity index is 0. The van der Waals surface area contributed by atoms with E-state index >= 15 is 0 Å². The van der Waals surface area contributed by atoms with Gasteiger partial charge in [0.15, 0.2) is 8.32 Å². The van der Waals surface area contributed by atoms with E-state index in [0.717, 1.165) is 12.7 Å². The van der Waals surface area contributed by atoms with Gasteiger partial charge in [-0.1, -0.05) is 26.7 Å². The third kappa shape index (κ3) is 14.1. The molecule has 0 aromatic carbocycles. The van der Waals surface area contributed by atoms with Crippen LogP contribution >= 0.6 is 0 Å². The van der Waals surface area contributed by atoms with E-state index in [1.165, 1.54) is 25.3 Å². The van der Waals surface area contributed by atoms with Gasteiger partial charge in [0.2, 0.25) is 6.08 Å². The fraction of sp³-hybridized carbons (Fsp3) is 0.900. The van der Waals surface area contributed by atoms with Crippen molar-refractivity contribution in [2.24, 2.45) is 0 Å². The molecule has 0 saturated heterocycles. The van der Waals surface area contributed by atoms with Gasteiger partial charge < -0.3 is 4.43 Å². The Bertz CT molecular complexity index is 154. The molecule has 0 fully saturated rings. The average molecular weight is 217 g/mol. The highest BCUT2D eigenvalue weighted by atomic mass is 28.4.